The summed E-state index contributed by atoms with van der Waals surface area (Å²) < 4.78 is 0.928. The first-order valence-electron chi connectivity index (χ1n) is 7.09. The largest absolute Gasteiger partial charge is 0.293 e. The summed E-state index contributed by atoms with van der Waals surface area (Å²) in [5.41, 5.74) is 2.99. The summed E-state index contributed by atoms with van der Waals surface area (Å²) in [4.78, 5) is 26.4. The van der Waals surface area contributed by atoms with E-state index in [1.54, 1.807) is 6.08 Å². The average molecular weight is 388 g/mol. The van der Waals surface area contributed by atoms with Gasteiger partial charge in [0.25, 0.3) is 11.1 Å². The van der Waals surface area contributed by atoms with Gasteiger partial charge >= 0.3 is 0 Å². The zero-order valence-corrected chi connectivity index (χ0v) is 14.9. The molecule has 5 heteroatoms. The van der Waals surface area contributed by atoms with Crippen molar-refractivity contribution in [3.63, 3.8) is 0 Å². The Morgan fingerprint density at radius 2 is 1.87 bits per heavy atom. The van der Waals surface area contributed by atoms with Gasteiger partial charge in [-0.1, -0.05) is 57.9 Å². The van der Waals surface area contributed by atoms with Crippen molar-refractivity contribution >= 4 is 44.9 Å². The van der Waals surface area contributed by atoms with Crippen molar-refractivity contribution in [1.29, 1.82) is 0 Å². The van der Waals surface area contributed by atoms with Crippen LogP contribution in [-0.2, 0) is 11.3 Å². The predicted octanol–water partition coefficient (Wildman–Crippen LogP) is 4.99. The molecule has 1 aliphatic heterocycles. The molecular weight excluding hydrogens is 374 g/mol. The highest BCUT2D eigenvalue weighted by Crippen LogP contribution is 2.33. The van der Waals surface area contributed by atoms with Gasteiger partial charge in [0.15, 0.2) is 0 Å². The molecule has 2 aromatic rings. The molecule has 2 aromatic carbocycles. The molecule has 0 unspecified atom stereocenters. The second kappa shape index (κ2) is 6.72. The number of amides is 2. The number of carbonyl (C=O) groups is 2. The Labute approximate surface area is 147 Å². The fraction of sp³-hybridized carbons (Fsp3) is 0.111. The van der Waals surface area contributed by atoms with E-state index in [0.29, 0.717) is 4.91 Å². The highest BCUT2D eigenvalue weighted by atomic mass is 79.9. The zero-order chi connectivity index (χ0) is 16.4. The monoisotopic (exact) mass is 387 g/mol. The number of imide groups is 1. The lowest BCUT2D eigenvalue weighted by molar-refractivity contribution is -0.123. The lowest BCUT2D eigenvalue weighted by Gasteiger charge is -2.12. The molecule has 1 fully saturated rings. The molecule has 0 N–H and O–H groups in total. The van der Waals surface area contributed by atoms with E-state index in [4.69, 9.17) is 0 Å². The lowest BCUT2D eigenvalue weighted by atomic mass is 10.1. The van der Waals surface area contributed by atoms with Crippen molar-refractivity contribution in [2.24, 2.45) is 0 Å². The lowest BCUT2D eigenvalue weighted by Crippen LogP contribution is -2.27. The van der Waals surface area contributed by atoms with Crippen LogP contribution in [0.3, 0.4) is 0 Å². The first-order valence-corrected chi connectivity index (χ1v) is 8.70. The second-order valence-corrected chi connectivity index (χ2v) is 7.22. The van der Waals surface area contributed by atoms with Crippen LogP contribution in [0.2, 0.25) is 0 Å². The van der Waals surface area contributed by atoms with Crippen molar-refractivity contribution < 1.29 is 9.59 Å². The molecule has 1 saturated heterocycles. The Morgan fingerprint density at radius 3 is 2.57 bits per heavy atom. The predicted molar refractivity (Wildman–Crippen MR) is 96.8 cm³/mol. The minimum atomic E-state index is -0.236. The van der Waals surface area contributed by atoms with Crippen LogP contribution >= 0.6 is 27.7 Å². The Bertz CT molecular complexity index is 799. The molecule has 0 bridgehead atoms. The molecular formula is C18H14BrNO2S. The molecule has 2 amide bonds. The zero-order valence-electron chi connectivity index (χ0n) is 12.5. The van der Waals surface area contributed by atoms with E-state index < -0.39 is 0 Å². The number of aryl methyl sites for hydroxylation is 1. The molecule has 3 rings (SSSR count). The number of rotatable bonds is 3. The minimum Gasteiger partial charge on any atom is -0.268 e. The maximum Gasteiger partial charge on any atom is 0.293 e. The average Bonchev–Trinajstić information content (AvgIpc) is 2.77. The Hall–Kier alpha value is -1.85. The maximum atomic E-state index is 12.5. The molecule has 3 nitrogen and oxygen atoms in total. The summed E-state index contributed by atoms with van der Waals surface area (Å²) in [5, 5.41) is -0.228. The van der Waals surface area contributed by atoms with Crippen LogP contribution in [0.25, 0.3) is 6.08 Å². The van der Waals surface area contributed by atoms with E-state index in [0.717, 1.165) is 32.9 Å². The van der Waals surface area contributed by atoms with Gasteiger partial charge in [0.05, 0.1) is 11.4 Å². The van der Waals surface area contributed by atoms with Gasteiger partial charge in [-0.05, 0) is 48.0 Å². The van der Waals surface area contributed by atoms with Gasteiger partial charge in [0.1, 0.15) is 0 Å². The Morgan fingerprint density at radius 1 is 1.13 bits per heavy atom. The normalized spacial score (nSPS) is 16.4. The smallest absolute Gasteiger partial charge is 0.268 e. The summed E-state index contributed by atoms with van der Waals surface area (Å²) in [5.74, 6) is -0.236. The van der Waals surface area contributed by atoms with Crippen molar-refractivity contribution in [2.45, 2.75) is 13.5 Å². The third-order valence-corrected chi connectivity index (χ3v) is 4.88. The molecule has 1 heterocycles. The number of hydrogen-bond acceptors (Lipinski definition) is 3. The first kappa shape index (κ1) is 16.0. The summed E-state index contributed by atoms with van der Waals surface area (Å²) in [6.07, 6.45) is 1.77. The quantitative estimate of drug-likeness (QED) is 0.695. The van der Waals surface area contributed by atoms with Gasteiger partial charge in [0.2, 0.25) is 0 Å². The fourth-order valence-electron chi connectivity index (χ4n) is 2.27. The van der Waals surface area contributed by atoms with Crippen molar-refractivity contribution in [3.8, 4) is 0 Å². The van der Waals surface area contributed by atoms with Crippen LogP contribution in [-0.4, -0.2) is 16.0 Å². The molecule has 116 valence electrons. The molecule has 23 heavy (non-hydrogen) atoms. The van der Waals surface area contributed by atoms with Crippen molar-refractivity contribution in [1.82, 2.24) is 4.90 Å². The van der Waals surface area contributed by atoms with Gasteiger partial charge in [-0.15, -0.1) is 0 Å². The molecule has 0 spiro atoms. The molecule has 1 aliphatic rings. The van der Waals surface area contributed by atoms with Crippen LogP contribution < -0.4 is 0 Å². The SMILES string of the molecule is Cc1ccc(/C=C2/SC(=O)N(Cc3cccc(Br)c3)C2=O)cc1. The van der Waals surface area contributed by atoms with E-state index in [1.807, 2.05) is 55.5 Å². The minimum absolute atomic E-state index is 0.228. The Kier molecular flexibility index (Phi) is 4.68. The van der Waals surface area contributed by atoms with Crippen LogP contribution in [0.15, 0.2) is 57.9 Å². The topological polar surface area (TPSA) is 37.4 Å². The third kappa shape index (κ3) is 3.74. The molecule has 0 radical (unpaired) electrons. The number of benzene rings is 2. The second-order valence-electron chi connectivity index (χ2n) is 5.31. The highest BCUT2D eigenvalue weighted by molar-refractivity contribution is 9.10. The number of carbonyl (C=O) groups excluding carboxylic acids is 2. The van der Waals surface area contributed by atoms with Gasteiger partial charge in [0, 0.05) is 4.47 Å². The summed E-state index contributed by atoms with van der Waals surface area (Å²) >= 11 is 4.39. The molecule has 0 atom stereocenters. The number of thioether (sulfide) groups is 1. The van der Waals surface area contributed by atoms with E-state index in [1.165, 1.54) is 4.90 Å². The molecule has 0 aromatic heterocycles. The van der Waals surface area contributed by atoms with Crippen molar-refractivity contribution in [3.05, 3.63) is 74.6 Å². The maximum absolute atomic E-state index is 12.5. The van der Waals surface area contributed by atoms with Gasteiger partial charge in [-0.3, -0.25) is 14.5 Å². The third-order valence-electron chi connectivity index (χ3n) is 3.48. The number of halogens is 1. The van der Waals surface area contributed by atoms with Gasteiger partial charge in [-0.25, -0.2) is 0 Å². The molecule has 0 aliphatic carbocycles. The number of nitrogens with zero attached hydrogens (tertiary/aromatic N) is 1. The Balaban J connectivity index is 1.81. The summed E-state index contributed by atoms with van der Waals surface area (Å²) in [6.45, 7) is 2.30. The summed E-state index contributed by atoms with van der Waals surface area (Å²) in [6, 6.07) is 15.5. The van der Waals surface area contributed by atoms with E-state index in [2.05, 4.69) is 15.9 Å². The number of hydrogen-bond donors (Lipinski definition) is 0. The van der Waals surface area contributed by atoms with Crippen LogP contribution in [0.1, 0.15) is 16.7 Å². The van der Waals surface area contributed by atoms with Crippen LogP contribution in [0.5, 0.6) is 0 Å². The van der Waals surface area contributed by atoms with E-state index in [9.17, 15) is 9.59 Å². The van der Waals surface area contributed by atoms with E-state index >= 15 is 0 Å². The standard InChI is InChI=1S/C18H14BrNO2S/c1-12-5-7-13(8-6-12)10-16-17(21)20(18(22)23-16)11-14-3-2-4-15(19)9-14/h2-10H,11H2,1H3/b16-10+. The first-order chi connectivity index (χ1) is 11.0. The van der Waals surface area contributed by atoms with Gasteiger partial charge < -0.3 is 0 Å². The van der Waals surface area contributed by atoms with Gasteiger partial charge in [-0.2, -0.15) is 0 Å². The highest BCUT2D eigenvalue weighted by Gasteiger charge is 2.34. The van der Waals surface area contributed by atoms with Crippen LogP contribution in [0, 0.1) is 6.92 Å². The molecule has 0 saturated carbocycles. The van der Waals surface area contributed by atoms with Crippen LogP contribution in [0.4, 0.5) is 4.79 Å². The summed E-state index contributed by atoms with van der Waals surface area (Å²) in [7, 11) is 0. The van der Waals surface area contributed by atoms with Crippen molar-refractivity contribution in [2.75, 3.05) is 0 Å². The van der Waals surface area contributed by atoms with E-state index in [-0.39, 0.29) is 17.7 Å². The fourth-order valence-corrected chi connectivity index (χ4v) is 3.55.